The summed E-state index contributed by atoms with van der Waals surface area (Å²) in [5.74, 6) is 5.29. The zero-order chi connectivity index (χ0) is 14.5. The summed E-state index contributed by atoms with van der Waals surface area (Å²) < 4.78 is 0. The number of nitrogens with two attached hydrogens (primary N) is 1. The first-order valence-electron chi connectivity index (χ1n) is 6.33. The molecular formula is C12H17N5O3. The molecule has 1 fully saturated rings. The topological polar surface area (TPSA) is 114 Å². The van der Waals surface area contributed by atoms with Crippen molar-refractivity contribution in [2.75, 3.05) is 25.1 Å². The molecule has 1 amide bonds. The van der Waals surface area contributed by atoms with Crippen LogP contribution >= 0.6 is 0 Å². The Bertz CT molecular complexity index is 520. The number of hydrazine groups is 1. The van der Waals surface area contributed by atoms with E-state index >= 15 is 0 Å². The van der Waals surface area contributed by atoms with E-state index in [-0.39, 0.29) is 17.3 Å². The first kappa shape index (κ1) is 14.2. The van der Waals surface area contributed by atoms with Gasteiger partial charge >= 0.3 is 0 Å². The Balaban J connectivity index is 2.11. The Labute approximate surface area is 116 Å². The molecule has 1 aromatic rings. The smallest absolute Gasteiger partial charge is 0.293 e. The number of carbonyl (C=O) groups excluding carboxylic acids is 1. The normalized spacial score (nSPS) is 16.4. The van der Waals surface area contributed by atoms with Gasteiger partial charge in [0.05, 0.1) is 4.92 Å². The monoisotopic (exact) mass is 279 g/mol. The number of hydrogen-bond donors (Lipinski definition) is 3. The van der Waals surface area contributed by atoms with Crippen LogP contribution in [0.3, 0.4) is 0 Å². The molecule has 0 aliphatic carbocycles. The number of anilines is 1. The number of nitrogen functional groups attached to an aromatic ring is 1. The second-order valence-corrected chi connectivity index (χ2v) is 4.63. The third kappa shape index (κ3) is 3.43. The van der Waals surface area contributed by atoms with Crippen molar-refractivity contribution in [3.63, 3.8) is 0 Å². The number of benzene rings is 1. The van der Waals surface area contributed by atoms with E-state index in [9.17, 15) is 14.9 Å². The minimum Gasteiger partial charge on any atom is -0.355 e. The van der Waals surface area contributed by atoms with Crippen LogP contribution in [-0.4, -0.2) is 35.4 Å². The molecular weight excluding hydrogens is 262 g/mol. The van der Waals surface area contributed by atoms with E-state index < -0.39 is 4.92 Å². The van der Waals surface area contributed by atoms with Gasteiger partial charge in [0.1, 0.15) is 5.69 Å². The van der Waals surface area contributed by atoms with E-state index in [1.165, 1.54) is 6.07 Å². The van der Waals surface area contributed by atoms with Gasteiger partial charge in [0.15, 0.2) is 0 Å². The van der Waals surface area contributed by atoms with Gasteiger partial charge in [-0.2, -0.15) is 0 Å². The lowest BCUT2D eigenvalue weighted by Crippen LogP contribution is -2.28. The zero-order valence-corrected chi connectivity index (χ0v) is 11.0. The molecule has 1 saturated heterocycles. The summed E-state index contributed by atoms with van der Waals surface area (Å²) in [5.41, 5.74) is 3.37. The maximum absolute atomic E-state index is 11.3. The molecule has 0 aromatic heterocycles. The molecule has 0 unspecified atom stereocenters. The first-order chi connectivity index (χ1) is 9.60. The van der Waals surface area contributed by atoms with Crippen LogP contribution in [0.2, 0.25) is 0 Å². The van der Waals surface area contributed by atoms with Crippen molar-refractivity contribution in [3.05, 3.63) is 33.9 Å². The van der Waals surface area contributed by atoms with Gasteiger partial charge in [-0.1, -0.05) is 6.07 Å². The quantitative estimate of drug-likeness (QED) is 0.412. The highest BCUT2D eigenvalue weighted by Gasteiger charge is 2.17. The predicted octanol–water partition coefficient (Wildman–Crippen LogP) is 0.202. The number of nitro groups is 1. The van der Waals surface area contributed by atoms with Crippen molar-refractivity contribution in [2.24, 2.45) is 5.84 Å². The van der Waals surface area contributed by atoms with Gasteiger partial charge in [-0.25, -0.2) is 0 Å². The summed E-state index contributed by atoms with van der Waals surface area (Å²) in [7, 11) is 0. The van der Waals surface area contributed by atoms with E-state index in [1.54, 1.807) is 12.1 Å². The average molecular weight is 279 g/mol. The number of nitrogens with one attached hydrogen (secondary N) is 2. The Kier molecular flexibility index (Phi) is 4.49. The van der Waals surface area contributed by atoms with Crippen LogP contribution in [0, 0.1) is 10.1 Å². The van der Waals surface area contributed by atoms with Crippen LogP contribution < -0.4 is 16.6 Å². The lowest BCUT2D eigenvalue weighted by atomic mass is 10.1. The second kappa shape index (κ2) is 6.31. The molecule has 0 spiro atoms. The van der Waals surface area contributed by atoms with Crippen molar-refractivity contribution in [1.29, 1.82) is 0 Å². The largest absolute Gasteiger partial charge is 0.355 e. The van der Waals surface area contributed by atoms with Gasteiger partial charge in [-0.05, 0) is 11.6 Å². The Morgan fingerprint density at radius 3 is 2.95 bits per heavy atom. The van der Waals surface area contributed by atoms with E-state index in [1.807, 2.05) is 0 Å². The highest BCUT2D eigenvalue weighted by molar-refractivity contribution is 5.76. The molecule has 1 heterocycles. The summed E-state index contributed by atoms with van der Waals surface area (Å²) in [4.78, 5) is 23.8. The summed E-state index contributed by atoms with van der Waals surface area (Å²) in [5, 5.41) is 13.8. The molecule has 1 aliphatic rings. The van der Waals surface area contributed by atoms with Crippen LogP contribution in [-0.2, 0) is 11.3 Å². The Morgan fingerprint density at radius 1 is 1.45 bits per heavy atom. The molecule has 0 bridgehead atoms. The molecule has 8 heteroatoms. The fourth-order valence-corrected chi connectivity index (χ4v) is 2.18. The van der Waals surface area contributed by atoms with Crippen LogP contribution in [0.25, 0.3) is 0 Å². The molecule has 0 radical (unpaired) electrons. The van der Waals surface area contributed by atoms with E-state index in [0.717, 1.165) is 12.1 Å². The molecule has 1 aliphatic heterocycles. The minimum absolute atomic E-state index is 0.0427. The Morgan fingerprint density at radius 2 is 2.25 bits per heavy atom. The fraction of sp³-hybridized carbons (Fsp3) is 0.417. The molecule has 1 aromatic carbocycles. The second-order valence-electron chi connectivity index (χ2n) is 4.63. The fourth-order valence-electron chi connectivity index (χ4n) is 2.18. The van der Waals surface area contributed by atoms with E-state index in [4.69, 9.17) is 5.84 Å². The van der Waals surface area contributed by atoms with Crippen LogP contribution in [0.4, 0.5) is 11.4 Å². The first-order valence-corrected chi connectivity index (χ1v) is 6.33. The lowest BCUT2D eigenvalue weighted by molar-refractivity contribution is -0.384. The molecule has 0 saturated carbocycles. The van der Waals surface area contributed by atoms with Gasteiger partial charge in [-0.15, -0.1) is 0 Å². The molecule has 20 heavy (non-hydrogen) atoms. The van der Waals surface area contributed by atoms with Crippen LogP contribution in [0.15, 0.2) is 18.2 Å². The maximum atomic E-state index is 11.3. The van der Waals surface area contributed by atoms with Crippen molar-refractivity contribution in [2.45, 2.75) is 13.0 Å². The number of rotatable bonds is 4. The van der Waals surface area contributed by atoms with Gasteiger partial charge < -0.3 is 10.7 Å². The summed E-state index contributed by atoms with van der Waals surface area (Å²) in [6.07, 6.45) is 0.449. The van der Waals surface area contributed by atoms with Crippen molar-refractivity contribution < 1.29 is 9.72 Å². The molecule has 108 valence electrons. The highest BCUT2D eigenvalue weighted by atomic mass is 16.6. The summed E-state index contributed by atoms with van der Waals surface area (Å²) in [6, 6.07) is 4.90. The number of amides is 1. The van der Waals surface area contributed by atoms with Gasteiger partial charge in [0.2, 0.25) is 5.91 Å². The molecule has 2 rings (SSSR count). The van der Waals surface area contributed by atoms with Crippen LogP contribution in [0.5, 0.6) is 0 Å². The van der Waals surface area contributed by atoms with Crippen LogP contribution in [0.1, 0.15) is 12.0 Å². The Hall–Kier alpha value is -2.19. The van der Waals surface area contributed by atoms with Gasteiger partial charge in [0.25, 0.3) is 5.69 Å². The predicted molar refractivity (Wildman–Crippen MR) is 73.8 cm³/mol. The minimum atomic E-state index is -0.466. The highest BCUT2D eigenvalue weighted by Crippen LogP contribution is 2.25. The van der Waals surface area contributed by atoms with E-state index in [2.05, 4.69) is 15.6 Å². The van der Waals surface area contributed by atoms with Crippen molar-refractivity contribution in [3.8, 4) is 0 Å². The van der Waals surface area contributed by atoms with Crippen molar-refractivity contribution in [1.82, 2.24) is 10.2 Å². The zero-order valence-electron chi connectivity index (χ0n) is 11.0. The van der Waals surface area contributed by atoms with E-state index in [0.29, 0.717) is 26.1 Å². The summed E-state index contributed by atoms with van der Waals surface area (Å²) in [6.45, 7) is 2.55. The number of nitro benzene ring substituents is 1. The number of hydrogen-bond acceptors (Lipinski definition) is 6. The number of nitrogens with zero attached hydrogens (tertiary/aromatic N) is 2. The lowest BCUT2D eigenvalue weighted by Gasteiger charge is -2.19. The maximum Gasteiger partial charge on any atom is 0.293 e. The average Bonchev–Trinajstić information content (AvgIpc) is 2.63. The number of carbonyl (C=O) groups is 1. The summed E-state index contributed by atoms with van der Waals surface area (Å²) >= 11 is 0. The SMILES string of the molecule is NNc1ccc(CN2CCNC(=O)CC2)cc1[N+](=O)[O-]. The third-order valence-corrected chi connectivity index (χ3v) is 3.23. The molecule has 8 nitrogen and oxygen atoms in total. The standard InChI is InChI=1S/C12H17N5O3/c13-15-10-2-1-9(7-11(10)17(19)20)8-16-5-3-12(18)14-4-6-16/h1-2,7,15H,3-6,8,13H2,(H,14,18). The van der Waals surface area contributed by atoms with Gasteiger partial charge in [-0.3, -0.25) is 25.7 Å². The van der Waals surface area contributed by atoms with Gasteiger partial charge in [0, 0.05) is 38.7 Å². The molecule has 4 N–H and O–H groups in total. The molecule has 0 atom stereocenters. The van der Waals surface area contributed by atoms with Crippen molar-refractivity contribution >= 4 is 17.3 Å². The third-order valence-electron chi connectivity index (χ3n) is 3.23.